The van der Waals surface area contributed by atoms with E-state index in [1.807, 2.05) is 6.92 Å². The molecule has 7 rings (SSSR count). The molecule has 20 atom stereocenters. The first-order valence-electron chi connectivity index (χ1n) is 21.3. The summed E-state index contributed by atoms with van der Waals surface area (Å²) in [4.78, 5) is 0. The Hall–Kier alpha value is -0.870. The molecule has 6 fully saturated rings. The highest BCUT2D eigenvalue weighted by Gasteiger charge is 2.71. The average Bonchev–Trinajstić information content (AvgIpc) is 3.17. The number of aliphatic hydroxyl groups excluding tert-OH is 8. The normalized spacial score (nSPS) is 53.4. The molecule has 0 unspecified atom stereocenters. The average molecular weight is 849 g/mol. The Bertz CT molecular complexity index is 1630. The minimum Gasteiger partial charge on any atom is -0.396 e. The Morgan fingerprint density at radius 1 is 0.810 bits per heavy atom. The fraction of sp³-hybridized carbons (Fsp3) is 0.951. The highest BCUT2D eigenvalue weighted by Crippen LogP contribution is 2.77. The second kappa shape index (κ2) is 16.0. The van der Waals surface area contributed by atoms with Gasteiger partial charge in [0, 0.05) is 17.4 Å². The smallest absolute Gasteiger partial charge is 0.396 e. The largest absolute Gasteiger partial charge is 0.397 e. The molecule has 7 aliphatic rings. The summed E-state index contributed by atoms with van der Waals surface area (Å²) < 4.78 is 62.8. The summed E-state index contributed by atoms with van der Waals surface area (Å²) >= 11 is 0. The van der Waals surface area contributed by atoms with Crippen molar-refractivity contribution in [2.45, 2.75) is 154 Å². The van der Waals surface area contributed by atoms with Gasteiger partial charge in [0.2, 0.25) is 0 Å². The van der Waals surface area contributed by atoms with E-state index in [0.29, 0.717) is 12.8 Å². The van der Waals surface area contributed by atoms with Gasteiger partial charge in [-0.2, -0.15) is 8.42 Å². The van der Waals surface area contributed by atoms with Gasteiger partial charge in [0.25, 0.3) is 0 Å². The highest BCUT2D eigenvalue weighted by atomic mass is 32.3. The van der Waals surface area contributed by atoms with Crippen LogP contribution in [0.3, 0.4) is 0 Å². The molecule has 9 N–H and O–H groups in total. The summed E-state index contributed by atoms with van der Waals surface area (Å²) in [7, 11) is -4.81. The van der Waals surface area contributed by atoms with E-state index in [0.717, 1.165) is 50.5 Å². The quantitative estimate of drug-likeness (QED) is 0.0846. The van der Waals surface area contributed by atoms with Crippen LogP contribution >= 0.6 is 0 Å². The van der Waals surface area contributed by atoms with Crippen molar-refractivity contribution in [1.82, 2.24) is 0 Å². The van der Waals surface area contributed by atoms with Crippen LogP contribution < -0.4 is 0 Å². The van der Waals surface area contributed by atoms with Gasteiger partial charge in [-0.3, -0.25) is 4.55 Å². The number of ether oxygens (including phenoxy) is 4. The van der Waals surface area contributed by atoms with Gasteiger partial charge < -0.3 is 59.8 Å². The number of fused-ring (bicyclic) bond motifs is 7. The summed E-state index contributed by atoms with van der Waals surface area (Å²) in [6.07, 6.45) is -3.88. The Morgan fingerprint density at radius 2 is 1.52 bits per heavy atom. The van der Waals surface area contributed by atoms with E-state index in [-0.39, 0.29) is 77.7 Å². The van der Waals surface area contributed by atoms with Crippen molar-refractivity contribution in [1.29, 1.82) is 0 Å². The molecule has 17 heteroatoms. The van der Waals surface area contributed by atoms with E-state index in [1.54, 1.807) is 0 Å². The van der Waals surface area contributed by atoms with E-state index in [4.69, 9.17) is 23.1 Å². The molecule has 0 radical (unpaired) electrons. The zero-order valence-electron chi connectivity index (χ0n) is 34.4. The SMILES string of the molecule is C[C@H]1C(CO[C@@H]2O[C@H](CO)[C@@H](O)[C@H](O)[C@H]2O)=CC[C@]2(CO)CC[C@]3(C)[C@H](CC[C@@H]4[C@@]5(C)CC[C@H](O[C@@H]6OC[C@@H](O)[C@H](O)[C@H]6O)[C@](C)(COS(=O)(=O)O)[C@@H]5CC[C@]43C)[C@H]12. The first-order valence-corrected chi connectivity index (χ1v) is 22.6. The zero-order valence-corrected chi connectivity index (χ0v) is 35.2. The lowest BCUT2D eigenvalue weighted by Gasteiger charge is -2.74. The number of allylic oxidation sites excluding steroid dienone is 1. The van der Waals surface area contributed by atoms with E-state index >= 15 is 0 Å². The molecule has 16 nitrogen and oxygen atoms in total. The van der Waals surface area contributed by atoms with Crippen LogP contribution in [0.5, 0.6) is 0 Å². The van der Waals surface area contributed by atoms with Crippen molar-refractivity contribution in [3.63, 3.8) is 0 Å². The molecule has 2 saturated heterocycles. The van der Waals surface area contributed by atoms with Crippen LogP contribution in [0, 0.1) is 56.7 Å². The van der Waals surface area contributed by atoms with Crippen LogP contribution in [0.15, 0.2) is 11.6 Å². The van der Waals surface area contributed by atoms with E-state index in [9.17, 15) is 53.8 Å². The molecule has 0 bridgehead atoms. The van der Waals surface area contributed by atoms with E-state index in [1.165, 1.54) is 0 Å². The molecular formula is C41H68O16S. The number of rotatable bonds is 10. The Balaban J connectivity index is 1.14. The van der Waals surface area contributed by atoms with Crippen molar-refractivity contribution >= 4 is 10.4 Å². The minimum absolute atomic E-state index is 0.00735. The number of hydrogen-bond acceptors (Lipinski definition) is 15. The molecule has 4 saturated carbocycles. The third-order valence-corrected chi connectivity index (χ3v) is 18.1. The first kappa shape index (κ1) is 45.2. The van der Waals surface area contributed by atoms with Crippen molar-refractivity contribution in [2.75, 3.05) is 33.0 Å². The topological polar surface area (TPSA) is 262 Å². The molecule has 0 aromatic carbocycles. The number of hydrogen-bond donors (Lipinski definition) is 9. The van der Waals surface area contributed by atoms with Crippen LogP contribution in [0.2, 0.25) is 0 Å². The monoisotopic (exact) mass is 848 g/mol. The molecule has 0 aromatic rings. The lowest BCUT2D eigenvalue weighted by molar-refractivity contribution is -0.316. The summed E-state index contributed by atoms with van der Waals surface area (Å²) in [6.45, 7) is 10.3. The molecule has 0 amide bonds. The Kier molecular flexibility index (Phi) is 12.5. The first-order chi connectivity index (χ1) is 27.1. The van der Waals surface area contributed by atoms with Gasteiger partial charge in [0.1, 0.15) is 42.7 Å². The lowest BCUT2D eigenvalue weighted by Crippen LogP contribution is -2.68. The Labute approximate surface area is 341 Å². The van der Waals surface area contributed by atoms with Crippen LogP contribution in [-0.2, 0) is 33.5 Å². The van der Waals surface area contributed by atoms with Gasteiger partial charge in [-0.1, -0.05) is 40.7 Å². The predicted octanol–water partition coefficient (Wildman–Crippen LogP) is 1.06. The molecular weight excluding hydrogens is 781 g/mol. The van der Waals surface area contributed by atoms with Crippen molar-refractivity contribution < 1.29 is 77.0 Å². The van der Waals surface area contributed by atoms with Crippen LogP contribution in [0.25, 0.3) is 0 Å². The predicted molar refractivity (Wildman–Crippen MR) is 205 cm³/mol. The van der Waals surface area contributed by atoms with Crippen LogP contribution in [-0.4, -0.2) is 148 Å². The third-order valence-electron chi connectivity index (χ3n) is 17.7. The van der Waals surface area contributed by atoms with E-state index in [2.05, 4.69) is 33.8 Å². The molecule has 0 spiro atoms. The van der Waals surface area contributed by atoms with Crippen LogP contribution in [0.1, 0.15) is 92.4 Å². The standard InChI is InChI=1S/C41H68O16S/c1-21-22(17-53-35-34(49)32(47)31(46)25(16-42)56-35)8-13-41(19-43)15-14-39(4)23(29(21)41)6-7-27-37(2)11-10-28(57-36-33(48)30(45)24(44)18-54-36)38(3,20-55-58(50,51)52)26(37)9-12-40(27,39)5/h8,21,23-36,42-49H,6-7,9-20H2,1-5H3,(H,50,51,52)/t21-,23+,24+,25+,26+,27+,28-,29-,30-,31+,32-,33+,34+,35+,36-,37-,38+,39+,40+,41+/m0/s1. The highest BCUT2D eigenvalue weighted by molar-refractivity contribution is 7.80. The van der Waals surface area contributed by atoms with Gasteiger partial charge in [0.05, 0.1) is 32.5 Å². The fourth-order valence-corrected chi connectivity index (χ4v) is 14.7. The van der Waals surface area contributed by atoms with Crippen LogP contribution in [0.4, 0.5) is 0 Å². The molecule has 334 valence electrons. The molecule has 5 aliphatic carbocycles. The van der Waals surface area contributed by atoms with Gasteiger partial charge in [-0.05, 0) is 109 Å². The van der Waals surface area contributed by atoms with Gasteiger partial charge in [-0.25, -0.2) is 4.18 Å². The fourth-order valence-electron chi connectivity index (χ4n) is 14.3. The summed E-state index contributed by atoms with van der Waals surface area (Å²) in [6, 6.07) is 0. The van der Waals surface area contributed by atoms with Gasteiger partial charge in [-0.15, -0.1) is 0 Å². The molecule has 2 aliphatic heterocycles. The second-order valence-corrected chi connectivity index (χ2v) is 21.2. The van der Waals surface area contributed by atoms with Crippen molar-refractivity contribution in [3.05, 3.63) is 11.6 Å². The number of aliphatic hydroxyl groups is 8. The zero-order chi connectivity index (χ0) is 42.4. The molecule has 58 heavy (non-hydrogen) atoms. The maximum absolute atomic E-state index is 12.1. The third kappa shape index (κ3) is 7.17. The maximum atomic E-state index is 12.1. The van der Waals surface area contributed by atoms with Gasteiger partial charge >= 0.3 is 10.4 Å². The molecule has 0 aromatic heterocycles. The maximum Gasteiger partial charge on any atom is 0.397 e. The van der Waals surface area contributed by atoms with E-state index < -0.39 is 83.8 Å². The minimum atomic E-state index is -4.81. The lowest BCUT2D eigenvalue weighted by atomic mass is 9.31. The second-order valence-electron chi connectivity index (χ2n) is 20.1. The summed E-state index contributed by atoms with van der Waals surface area (Å²) in [5.74, 6) is 0.489. The molecule has 2 heterocycles. The Morgan fingerprint density at radius 3 is 2.19 bits per heavy atom. The van der Waals surface area contributed by atoms with Crippen molar-refractivity contribution in [2.24, 2.45) is 56.7 Å². The summed E-state index contributed by atoms with van der Waals surface area (Å²) in [5, 5.41) is 83.3. The van der Waals surface area contributed by atoms with Gasteiger partial charge in [0.15, 0.2) is 12.6 Å². The summed E-state index contributed by atoms with van der Waals surface area (Å²) in [5.41, 5.74) is -0.833. The van der Waals surface area contributed by atoms with Crippen molar-refractivity contribution in [3.8, 4) is 0 Å².